The largest absolute Gasteiger partial charge is 0.397 e. The minimum atomic E-state index is -0.244. The molecule has 96 valence electrons. The highest BCUT2D eigenvalue weighted by molar-refractivity contribution is 5.98. The van der Waals surface area contributed by atoms with E-state index >= 15 is 0 Å². The lowest BCUT2D eigenvalue weighted by atomic mass is 10.1. The van der Waals surface area contributed by atoms with Gasteiger partial charge in [0.05, 0.1) is 17.5 Å². The summed E-state index contributed by atoms with van der Waals surface area (Å²) < 4.78 is 0. The van der Waals surface area contributed by atoms with Crippen LogP contribution in [0.2, 0.25) is 0 Å². The predicted octanol–water partition coefficient (Wildman–Crippen LogP) is 2.39. The van der Waals surface area contributed by atoms with Crippen molar-refractivity contribution in [3.63, 3.8) is 0 Å². The maximum atomic E-state index is 9.19. The first-order chi connectivity index (χ1) is 8.68. The second-order valence-corrected chi connectivity index (χ2v) is 4.54. The topological polar surface area (TPSA) is 71.2 Å². The van der Waals surface area contributed by atoms with E-state index in [9.17, 15) is 5.11 Å². The number of hydrogen-bond acceptors (Lipinski definition) is 4. The Morgan fingerprint density at radius 1 is 1.39 bits per heavy atom. The zero-order valence-corrected chi connectivity index (χ0v) is 10.6. The fourth-order valence-electron chi connectivity index (χ4n) is 1.97. The summed E-state index contributed by atoms with van der Waals surface area (Å²) in [6, 6.07) is 5.91. The van der Waals surface area contributed by atoms with Gasteiger partial charge in [0.2, 0.25) is 0 Å². The maximum Gasteiger partial charge on any atom is 0.0630 e. The molecule has 1 aromatic carbocycles. The second kappa shape index (κ2) is 5.69. The summed E-state index contributed by atoms with van der Waals surface area (Å²) in [6.07, 6.45) is 5.03. The van der Waals surface area contributed by atoms with Crippen molar-refractivity contribution >= 4 is 22.1 Å². The highest BCUT2D eigenvalue weighted by atomic mass is 16.3. The van der Waals surface area contributed by atoms with Gasteiger partial charge in [-0.1, -0.05) is 6.07 Å². The first-order valence-electron chi connectivity index (χ1n) is 6.22. The van der Waals surface area contributed by atoms with Crippen LogP contribution in [0.1, 0.15) is 19.8 Å². The van der Waals surface area contributed by atoms with Gasteiger partial charge in [0.15, 0.2) is 0 Å². The van der Waals surface area contributed by atoms with Gasteiger partial charge in [-0.2, -0.15) is 0 Å². The van der Waals surface area contributed by atoms with Crippen molar-refractivity contribution in [2.45, 2.75) is 25.9 Å². The summed E-state index contributed by atoms with van der Waals surface area (Å²) in [5.41, 5.74) is 7.82. The zero-order valence-electron chi connectivity index (χ0n) is 10.6. The molecule has 2 aromatic rings. The number of benzene rings is 1. The van der Waals surface area contributed by atoms with Crippen LogP contribution in [0.4, 0.5) is 11.4 Å². The van der Waals surface area contributed by atoms with Crippen LogP contribution >= 0.6 is 0 Å². The van der Waals surface area contributed by atoms with Gasteiger partial charge in [-0.15, -0.1) is 0 Å². The lowest BCUT2D eigenvalue weighted by molar-refractivity contribution is 0.183. The Hall–Kier alpha value is -1.81. The lowest BCUT2D eigenvalue weighted by Gasteiger charge is -2.12. The number of fused-ring (bicyclic) bond motifs is 1. The van der Waals surface area contributed by atoms with Gasteiger partial charge in [-0.3, -0.25) is 4.98 Å². The number of pyridine rings is 1. The first-order valence-corrected chi connectivity index (χ1v) is 6.22. The normalized spacial score (nSPS) is 12.6. The molecule has 1 aromatic heterocycles. The molecule has 0 bridgehead atoms. The Bertz CT molecular complexity index is 525. The summed E-state index contributed by atoms with van der Waals surface area (Å²) >= 11 is 0. The molecule has 18 heavy (non-hydrogen) atoms. The van der Waals surface area contributed by atoms with Gasteiger partial charge in [-0.05, 0) is 31.9 Å². The molecule has 1 atom stereocenters. The quantitative estimate of drug-likeness (QED) is 0.558. The molecular formula is C14H19N3O. The number of nitrogens with zero attached hydrogens (tertiary/aromatic N) is 1. The summed E-state index contributed by atoms with van der Waals surface area (Å²) in [5.74, 6) is 0. The van der Waals surface area contributed by atoms with Gasteiger partial charge in [-0.25, -0.2) is 0 Å². The van der Waals surface area contributed by atoms with Gasteiger partial charge in [0.1, 0.15) is 0 Å². The van der Waals surface area contributed by atoms with Crippen molar-refractivity contribution < 1.29 is 5.11 Å². The first kappa shape index (κ1) is 12.6. The molecule has 0 amide bonds. The minimum Gasteiger partial charge on any atom is -0.397 e. The number of hydrogen-bond donors (Lipinski definition) is 3. The molecular weight excluding hydrogens is 226 g/mol. The summed E-state index contributed by atoms with van der Waals surface area (Å²) in [7, 11) is 0. The third-order valence-corrected chi connectivity index (χ3v) is 2.98. The number of aliphatic hydroxyl groups is 1. The summed E-state index contributed by atoms with van der Waals surface area (Å²) in [6.45, 7) is 2.61. The van der Waals surface area contributed by atoms with Crippen LogP contribution in [0.5, 0.6) is 0 Å². The van der Waals surface area contributed by atoms with Gasteiger partial charge < -0.3 is 16.2 Å². The van der Waals surface area contributed by atoms with Crippen molar-refractivity contribution in [1.82, 2.24) is 4.98 Å². The van der Waals surface area contributed by atoms with Gasteiger partial charge >= 0.3 is 0 Å². The number of nitrogens with two attached hydrogens (primary N) is 1. The van der Waals surface area contributed by atoms with Crippen LogP contribution in [-0.2, 0) is 0 Å². The monoisotopic (exact) mass is 245 g/mol. The predicted molar refractivity (Wildman–Crippen MR) is 75.6 cm³/mol. The maximum absolute atomic E-state index is 9.19. The smallest absolute Gasteiger partial charge is 0.0630 e. The lowest BCUT2D eigenvalue weighted by Crippen LogP contribution is -2.08. The third-order valence-electron chi connectivity index (χ3n) is 2.98. The molecule has 0 fully saturated rings. The van der Waals surface area contributed by atoms with Crippen LogP contribution in [0.3, 0.4) is 0 Å². The Balaban J connectivity index is 2.07. The highest BCUT2D eigenvalue weighted by Crippen LogP contribution is 2.27. The third kappa shape index (κ3) is 2.90. The van der Waals surface area contributed by atoms with Crippen LogP contribution in [-0.4, -0.2) is 22.7 Å². The summed E-state index contributed by atoms with van der Waals surface area (Å²) in [5, 5.41) is 14.6. The van der Waals surface area contributed by atoms with Crippen LogP contribution in [0.25, 0.3) is 10.8 Å². The van der Waals surface area contributed by atoms with E-state index in [1.54, 1.807) is 13.1 Å². The average Bonchev–Trinajstić information content (AvgIpc) is 2.37. The van der Waals surface area contributed by atoms with Crippen LogP contribution in [0.15, 0.2) is 30.6 Å². The molecule has 4 heteroatoms. The minimum absolute atomic E-state index is 0.244. The molecule has 0 spiro atoms. The van der Waals surface area contributed by atoms with E-state index in [1.165, 1.54) is 0 Å². The van der Waals surface area contributed by atoms with Crippen molar-refractivity contribution in [3.05, 3.63) is 30.6 Å². The molecule has 2 rings (SSSR count). The molecule has 0 aliphatic carbocycles. The Morgan fingerprint density at radius 2 is 2.22 bits per heavy atom. The fourth-order valence-corrected chi connectivity index (χ4v) is 1.97. The molecule has 0 aliphatic rings. The SMILES string of the molecule is CC(O)CCCNc1ccc2cnccc2c1N. The van der Waals surface area contributed by atoms with E-state index in [4.69, 9.17) is 5.73 Å². The van der Waals surface area contributed by atoms with E-state index in [2.05, 4.69) is 10.3 Å². The van der Waals surface area contributed by atoms with E-state index in [-0.39, 0.29) is 6.10 Å². The van der Waals surface area contributed by atoms with Gasteiger partial charge in [0, 0.05) is 29.7 Å². The van der Waals surface area contributed by atoms with E-state index in [0.29, 0.717) is 0 Å². The molecule has 0 saturated heterocycles. The Kier molecular flexibility index (Phi) is 3.99. The van der Waals surface area contributed by atoms with Crippen molar-refractivity contribution in [3.8, 4) is 0 Å². The summed E-state index contributed by atoms with van der Waals surface area (Å²) in [4.78, 5) is 4.07. The molecule has 0 radical (unpaired) electrons. The number of aromatic nitrogens is 1. The molecule has 4 nitrogen and oxygen atoms in total. The van der Waals surface area contributed by atoms with Gasteiger partial charge in [0.25, 0.3) is 0 Å². The molecule has 1 unspecified atom stereocenters. The second-order valence-electron chi connectivity index (χ2n) is 4.54. The van der Waals surface area contributed by atoms with Crippen LogP contribution < -0.4 is 11.1 Å². The van der Waals surface area contributed by atoms with Crippen molar-refractivity contribution in [1.29, 1.82) is 0 Å². The number of rotatable bonds is 5. The fraction of sp³-hybridized carbons (Fsp3) is 0.357. The van der Waals surface area contributed by atoms with E-state index in [1.807, 2.05) is 24.4 Å². The Labute approximate surface area is 107 Å². The molecule has 0 saturated carbocycles. The number of nitrogen functional groups attached to an aromatic ring is 1. The molecule has 0 aliphatic heterocycles. The van der Waals surface area contributed by atoms with Crippen LogP contribution in [0, 0.1) is 0 Å². The number of aliphatic hydroxyl groups excluding tert-OH is 1. The molecule has 1 heterocycles. The number of anilines is 2. The molecule has 4 N–H and O–H groups in total. The Morgan fingerprint density at radius 3 is 3.00 bits per heavy atom. The zero-order chi connectivity index (χ0) is 13.0. The van der Waals surface area contributed by atoms with Crippen molar-refractivity contribution in [2.75, 3.05) is 17.6 Å². The highest BCUT2D eigenvalue weighted by Gasteiger charge is 2.04. The van der Waals surface area contributed by atoms with E-state index in [0.717, 1.165) is 41.5 Å². The van der Waals surface area contributed by atoms with Crippen molar-refractivity contribution in [2.24, 2.45) is 0 Å². The average molecular weight is 245 g/mol. The number of nitrogens with one attached hydrogen (secondary N) is 1. The standard InChI is InChI=1S/C14H19N3O/c1-10(18)3-2-7-17-13-5-4-11-9-16-8-6-12(11)14(13)15/h4-6,8-10,17-18H,2-3,7,15H2,1H3. The van der Waals surface area contributed by atoms with E-state index < -0.39 is 0 Å².